The van der Waals surface area contributed by atoms with E-state index in [0.717, 1.165) is 24.0 Å². The number of rotatable bonds is 5. The molecule has 3 unspecified atom stereocenters. The molecule has 0 bridgehead atoms. The van der Waals surface area contributed by atoms with Crippen LogP contribution >= 0.6 is 11.3 Å². The Morgan fingerprint density at radius 1 is 1.32 bits per heavy atom. The molecular formula is C24H27N5OS. The highest BCUT2D eigenvalue weighted by Gasteiger charge is 2.64. The summed E-state index contributed by atoms with van der Waals surface area (Å²) in [7, 11) is 0. The molecule has 2 aromatic heterocycles. The Labute approximate surface area is 185 Å². The number of anilines is 2. The van der Waals surface area contributed by atoms with Crippen molar-refractivity contribution < 1.29 is 4.79 Å². The molecular weight excluding hydrogens is 406 g/mol. The zero-order valence-corrected chi connectivity index (χ0v) is 18.5. The maximum atomic E-state index is 12.6. The minimum Gasteiger partial charge on any atom is -0.396 e. The van der Waals surface area contributed by atoms with Crippen molar-refractivity contribution in [3.63, 3.8) is 0 Å². The van der Waals surface area contributed by atoms with Crippen LogP contribution in [0.4, 0.5) is 11.4 Å². The quantitative estimate of drug-likeness (QED) is 0.640. The average Bonchev–Trinajstić information content (AvgIpc) is 3.29. The van der Waals surface area contributed by atoms with Crippen molar-refractivity contribution in [2.24, 2.45) is 17.3 Å². The first-order valence-corrected chi connectivity index (χ1v) is 12.0. The van der Waals surface area contributed by atoms with Gasteiger partial charge >= 0.3 is 0 Å². The number of nitrogens with zero attached hydrogens (tertiary/aromatic N) is 3. The molecule has 1 aliphatic heterocycles. The Morgan fingerprint density at radius 3 is 2.87 bits per heavy atom. The van der Waals surface area contributed by atoms with E-state index in [1.54, 1.807) is 6.20 Å². The van der Waals surface area contributed by atoms with Crippen molar-refractivity contribution in [1.82, 2.24) is 15.3 Å². The van der Waals surface area contributed by atoms with Crippen molar-refractivity contribution >= 4 is 39.0 Å². The fourth-order valence-electron chi connectivity index (χ4n) is 5.92. The minimum absolute atomic E-state index is 0.154. The van der Waals surface area contributed by atoms with E-state index in [-0.39, 0.29) is 5.91 Å². The topological polar surface area (TPSA) is 84.1 Å². The highest BCUT2D eigenvalue weighted by molar-refractivity contribution is 7.21. The largest absolute Gasteiger partial charge is 0.396 e. The molecule has 7 heteroatoms. The monoisotopic (exact) mass is 433 g/mol. The maximum absolute atomic E-state index is 12.6. The molecule has 3 N–H and O–H groups in total. The summed E-state index contributed by atoms with van der Waals surface area (Å²) >= 11 is 1.30. The number of aryl methyl sites for hydroxylation is 1. The van der Waals surface area contributed by atoms with E-state index in [9.17, 15) is 4.79 Å². The van der Waals surface area contributed by atoms with Crippen LogP contribution in [0.3, 0.4) is 0 Å². The van der Waals surface area contributed by atoms with E-state index in [1.165, 1.54) is 54.9 Å². The lowest BCUT2D eigenvalue weighted by Gasteiger charge is -2.60. The van der Waals surface area contributed by atoms with Gasteiger partial charge in [-0.2, -0.15) is 0 Å². The van der Waals surface area contributed by atoms with Crippen LogP contribution in [0.1, 0.15) is 40.2 Å². The second-order valence-corrected chi connectivity index (χ2v) is 10.5. The van der Waals surface area contributed by atoms with Gasteiger partial charge in [0.2, 0.25) is 0 Å². The molecule has 160 valence electrons. The summed E-state index contributed by atoms with van der Waals surface area (Å²) in [6, 6.07) is 8.88. The number of thiophene rings is 1. The van der Waals surface area contributed by atoms with Gasteiger partial charge in [0, 0.05) is 31.5 Å². The van der Waals surface area contributed by atoms with E-state index in [2.05, 4.69) is 44.5 Å². The first-order chi connectivity index (χ1) is 15.0. The number of amides is 1. The third-order valence-corrected chi connectivity index (χ3v) is 8.93. The number of hydrogen-bond acceptors (Lipinski definition) is 6. The van der Waals surface area contributed by atoms with Crippen LogP contribution in [-0.2, 0) is 6.42 Å². The number of benzene rings is 1. The van der Waals surface area contributed by atoms with Crippen LogP contribution in [0.25, 0.3) is 10.3 Å². The van der Waals surface area contributed by atoms with Crippen molar-refractivity contribution in [2.45, 2.75) is 32.6 Å². The number of carbonyl (C=O) groups is 1. The Balaban J connectivity index is 1.06. The highest BCUT2D eigenvalue weighted by atomic mass is 32.1. The average molecular weight is 434 g/mol. The maximum Gasteiger partial charge on any atom is 0.263 e. The predicted molar refractivity (Wildman–Crippen MR) is 125 cm³/mol. The lowest BCUT2D eigenvalue weighted by atomic mass is 9.43. The molecule has 2 aliphatic carbocycles. The Morgan fingerprint density at radius 2 is 2.16 bits per heavy atom. The van der Waals surface area contributed by atoms with Gasteiger partial charge in [0.25, 0.3) is 5.91 Å². The van der Waals surface area contributed by atoms with Crippen LogP contribution in [0, 0.1) is 24.2 Å². The fourth-order valence-corrected chi connectivity index (χ4v) is 6.93. The molecule has 1 amide bonds. The van der Waals surface area contributed by atoms with Crippen LogP contribution in [0.2, 0.25) is 0 Å². The summed E-state index contributed by atoms with van der Waals surface area (Å²) in [6.07, 6.45) is 6.81. The number of nitrogens with one attached hydrogen (secondary N) is 1. The van der Waals surface area contributed by atoms with E-state index < -0.39 is 0 Å². The summed E-state index contributed by atoms with van der Waals surface area (Å²) in [4.78, 5) is 25.2. The second kappa shape index (κ2) is 6.92. The van der Waals surface area contributed by atoms with Gasteiger partial charge in [0.1, 0.15) is 15.2 Å². The molecule has 31 heavy (non-hydrogen) atoms. The third kappa shape index (κ3) is 2.93. The van der Waals surface area contributed by atoms with Gasteiger partial charge in [-0.25, -0.2) is 9.97 Å². The third-order valence-electron chi connectivity index (χ3n) is 7.85. The fraction of sp³-hybridized carbons (Fsp3) is 0.458. The van der Waals surface area contributed by atoms with Crippen molar-refractivity contribution in [1.29, 1.82) is 0 Å². The molecule has 3 aromatic rings. The SMILES string of the molecule is Cc1cnc2c(N)c(C(=O)NCCc3ccc(N4CC5CC6CCC65C4)cc3)sc2n1. The van der Waals surface area contributed by atoms with Crippen molar-refractivity contribution in [3.05, 3.63) is 46.6 Å². The van der Waals surface area contributed by atoms with Gasteiger partial charge in [-0.15, -0.1) is 11.3 Å². The first-order valence-electron chi connectivity index (χ1n) is 11.2. The molecule has 3 aliphatic rings. The number of carbonyl (C=O) groups excluding carboxylic acids is 1. The zero-order valence-electron chi connectivity index (χ0n) is 17.7. The van der Waals surface area contributed by atoms with E-state index >= 15 is 0 Å². The Kier molecular flexibility index (Phi) is 4.25. The lowest BCUT2D eigenvalue weighted by molar-refractivity contribution is -0.104. The molecule has 1 aromatic carbocycles. The molecule has 1 saturated heterocycles. The summed E-state index contributed by atoms with van der Waals surface area (Å²) in [5, 5.41) is 3.00. The summed E-state index contributed by atoms with van der Waals surface area (Å²) < 4.78 is 0. The van der Waals surface area contributed by atoms with Gasteiger partial charge < -0.3 is 16.0 Å². The van der Waals surface area contributed by atoms with E-state index in [0.29, 0.717) is 32.9 Å². The standard InChI is InChI=1S/C24H27N5OS/c1-14-11-27-20-19(25)21(31-23(20)28-14)22(30)26-9-7-15-2-4-18(5-3-15)29-12-17-10-16-6-8-24(16,17)13-29/h2-5,11,16-17H,6-10,12-13,25H2,1H3,(H,26,30). The number of aromatic nitrogens is 2. The molecule has 3 heterocycles. The van der Waals surface area contributed by atoms with Crippen LogP contribution in [-0.4, -0.2) is 35.5 Å². The number of nitrogen functional groups attached to an aromatic ring is 1. The number of fused-ring (bicyclic) bond motifs is 1. The van der Waals surface area contributed by atoms with Crippen LogP contribution in [0.5, 0.6) is 0 Å². The van der Waals surface area contributed by atoms with Gasteiger partial charge in [0.05, 0.1) is 11.4 Å². The molecule has 3 atom stereocenters. The van der Waals surface area contributed by atoms with Crippen molar-refractivity contribution in [2.75, 3.05) is 30.3 Å². The smallest absolute Gasteiger partial charge is 0.263 e. The molecule has 0 radical (unpaired) electrons. The van der Waals surface area contributed by atoms with E-state index in [4.69, 9.17) is 5.73 Å². The predicted octanol–water partition coefficient (Wildman–Crippen LogP) is 3.79. The molecule has 2 saturated carbocycles. The molecule has 1 spiro atoms. The summed E-state index contributed by atoms with van der Waals surface area (Å²) in [5.41, 5.74) is 11.2. The molecule has 6 nitrogen and oxygen atoms in total. The van der Waals surface area contributed by atoms with Gasteiger partial charge in [-0.05, 0) is 67.6 Å². The Bertz CT molecular complexity index is 1170. The number of hydrogen-bond donors (Lipinski definition) is 2. The van der Waals surface area contributed by atoms with Crippen molar-refractivity contribution in [3.8, 4) is 0 Å². The van der Waals surface area contributed by atoms with Gasteiger partial charge in [0.15, 0.2) is 0 Å². The zero-order chi connectivity index (χ0) is 21.2. The highest BCUT2D eigenvalue weighted by Crippen LogP contribution is 2.67. The summed E-state index contributed by atoms with van der Waals surface area (Å²) in [6.45, 7) is 4.93. The number of nitrogens with two attached hydrogens (primary N) is 1. The summed E-state index contributed by atoms with van der Waals surface area (Å²) in [5.74, 6) is 1.78. The van der Waals surface area contributed by atoms with E-state index in [1.807, 2.05) is 6.92 Å². The van der Waals surface area contributed by atoms with Gasteiger partial charge in [-0.3, -0.25) is 4.79 Å². The first kappa shape index (κ1) is 19.0. The molecule has 6 rings (SSSR count). The van der Waals surface area contributed by atoms with Gasteiger partial charge in [-0.1, -0.05) is 12.1 Å². The second-order valence-electron chi connectivity index (χ2n) is 9.46. The molecule has 3 fully saturated rings. The van der Waals surface area contributed by atoms with Crippen LogP contribution < -0.4 is 16.0 Å². The lowest BCUT2D eigenvalue weighted by Crippen LogP contribution is -2.55. The Hall–Kier alpha value is -2.67. The minimum atomic E-state index is -0.154. The normalized spacial score (nSPS) is 26.2. The van der Waals surface area contributed by atoms with Crippen LogP contribution in [0.15, 0.2) is 30.5 Å².